The highest BCUT2D eigenvalue weighted by molar-refractivity contribution is 5.68. The summed E-state index contributed by atoms with van der Waals surface area (Å²) in [7, 11) is 1.00. The Morgan fingerprint density at radius 2 is 2.44 bits per heavy atom. The molecule has 1 aromatic rings. The highest BCUT2D eigenvalue weighted by Gasteiger charge is 1.82. The predicted molar refractivity (Wildman–Crippen MR) is 32.1 cm³/mol. The Kier molecular flexibility index (Phi) is 4.34. The number of carbonyl (C=O) groups excluding carboxylic acids is 1. The number of hydrogen-bond donors (Lipinski definition) is 2. The zero-order valence-electron chi connectivity index (χ0n) is 5.03. The van der Waals surface area contributed by atoms with Crippen LogP contribution in [0.4, 0.5) is 0 Å². The van der Waals surface area contributed by atoms with Crippen LogP contribution in [-0.4, -0.2) is 28.5 Å². The van der Waals surface area contributed by atoms with Crippen molar-refractivity contribution in [1.82, 2.24) is 9.97 Å². The van der Waals surface area contributed by atoms with Gasteiger partial charge >= 0.3 is 0 Å². The second-order valence-corrected chi connectivity index (χ2v) is 1.09. The molecule has 0 saturated heterocycles. The molecule has 0 aliphatic rings. The number of aromatic nitrogens is 2. The van der Waals surface area contributed by atoms with E-state index in [9.17, 15) is 4.79 Å². The first-order chi connectivity index (χ1) is 4.43. The summed E-state index contributed by atoms with van der Waals surface area (Å²) in [6, 6.07) is 0. The van der Waals surface area contributed by atoms with E-state index in [0.29, 0.717) is 12.1 Å². The summed E-state index contributed by atoms with van der Waals surface area (Å²) >= 11 is 0. The van der Waals surface area contributed by atoms with Gasteiger partial charge in [0, 0.05) is 19.5 Å². The monoisotopic (exact) mass is 128 g/mol. The number of rotatable bonds is 1. The number of nitrogens with one attached hydrogen (secondary N) is 1. The van der Waals surface area contributed by atoms with Crippen LogP contribution < -0.4 is 0 Å². The Bertz CT molecular complexity index is 148. The second kappa shape index (κ2) is 4.99. The van der Waals surface area contributed by atoms with Gasteiger partial charge in [-0.2, -0.15) is 0 Å². The minimum atomic E-state index is 0.375. The Morgan fingerprint density at radius 3 is 2.67 bits per heavy atom. The third-order valence-corrected chi connectivity index (χ3v) is 0.631. The van der Waals surface area contributed by atoms with Crippen LogP contribution in [0.25, 0.3) is 0 Å². The molecule has 1 aromatic heterocycles. The number of aromatic amines is 1. The van der Waals surface area contributed by atoms with Crippen molar-refractivity contribution in [2.24, 2.45) is 0 Å². The molecule has 0 aliphatic carbocycles. The normalized spacial score (nSPS) is 7.33. The molecule has 1 rings (SSSR count). The minimum Gasteiger partial charge on any atom is -0.400 e. The Hall–Kier alpha value is -1.16. The maximum Gasteiger partial charge on any atom is 0.185 e. The Labute approximate surface area is 52.6 Å². The van der Waals surface area contributed by atoms with E-state index in [4.69, 9.17) is 5.11 Å². The standard InChI is InChI=1S/C4H4N2O.CH4O/c7-3-4-5-1-2-6-4;1-2/h1-3H,(H,5,6);2H,1H3. The fourth-order valence-corrected chi connectivity index (χ4v) is 0.342. The van der Waals surface area contributed by atoms with E-state index in [1.54, 1.807) is 6.20 Å². The van der Waals surface area contributed by atoms with Gasteiger partial charge in [0.2, 0.25) is 0 Å². The minimum absolute atomic E-state index is 0.375. The number of aliphatic hydroxyl groups excluding tert-OH is 1. The molecule has 0 bridgehead atoms. The molecule has 50 valence electrons. The van der Waals surface area contributed by atoms with E-state index >= 15 is 0 Å². The lowest BCUT2D eigenvalue weighted by atomic mass is 10.7. The van der Waals surface area contributed by atoms with Crippen molar-refractivity contribution >= 4 is 6.29 Å². The highest BCUT2D eigenvalue weighted by atomic mass is 16.2. The summed E-state index contributed by atoms with van der Waals surface area (Å²) in [5.74, 6) is 0.375. The molecule has 0 spiro atoms. The van der Waals surface area contributed by atoms with Gasteiger partial charge in [-0.25, -0.2) is 4.98 Å². The third kappa shape index (κ3) is 2.61. The van der Waals surface area contributed by atoms with E-state index < -0.39 is 0 Å². The zero-order valence-corrected chi connectivity index (χ0v) is 5.03. The molecular weight excluding hydrogens is 120 g/mol. The summed E-state index contributed by atoms with van der Waals surface area (Å²) < 4.78 is 0. The number of imidazole rings is 1. The zero-order chi connectivity index (χ0) is 7.11. The first-order valence-electron chi connectivity index (χ1n) is 2.33. The van der Waals surface area contributed by atoms with Gasteiger partial charge in [-0.3, -0.25) is 4.79 Å². The van der Waals surface area contributed by atoms with Gasteiger partial charge in [0.25, 0.3) is 0 Å². The van der Waals surface area contributed by atoms with Crippen LogP contribution in [0.1, 0.15) is 10.6 Å². The second-order valence-electron chi connectivity index (χ2n) is 1.09. The van der Waals surface area contributed by atoms with E-state index in [0.717, 1.165) is 7.11 Å². The van der Waals surface area contributed by atoms with E-state index in [-0.39, 0.29) is 0 Å². The molecule has 0 saturated carbocycles. The van der Waals surface area contributed by atoms with E-state index in [1.807, 2.05) is 0 Å². The predicted octanol–water partition coefficient (Wildman–Crippen LogP) is -0.169. The molecule has 2 N–H and O–H groups in total. The van der Waals surface area contributed by atoms with Gasteiger partial charge in [-0.15, -0.1) is 0 Å². The number of hydrogen-bond acceptors (Lipinski definition) is 3. The molecule has 0 aliphatic heterocycles. The first-order valence-corrected chi connectivity index (χ1v) is 2.33. The molecule has 4 heteroatoms. The van der Waals surface area contributed by atoms with Crippen molar-refractivity contribution < 1.29 is 9.90 Å². The summed E-state index contributed by atoms with van der Waals surface area (Å²) in [5.41, 5.74) is 0. The van der Waals surface area contributed by atoms with Crippen molar-refractivity contribution in [3.63, 3.8) is 0 Å². The lowest BCUT2D eigenvalue weighted by Crippen LogP contribution is -1.78. The van der Waals surface area contributed by atoms with E-state index in [1.165, 1.54) is 6.20 Å². The number of aldehydes is 1. The fourth-order valence-electron chi connectivity index (χ4n) is 0.342. The van der Waals surface area contributed by atoms with Crippen molar-refractivity contribution in [1.29, 1.82) is 0 Å². The number of H-pyrrole nitrogens is 1. The molecule has 0 fully saturated rings. The lowest BCUT2D eigenvalue weighted by molar-refractivity contribution is 0.111. The average Bonchev–Trinajstić information content (AvgIpc) is 2.43. The average molecular weight is 128 g/mol. The largest absolute Gasteiger partial charge is 0.400 e. The molecule has 0 radical (unpaired) electrons. The van der Waals surface area contributed by atoms with Gasteiger partial charge in [0.15, 0.2) is 12.1 Å². The summed E-state index contributed by atoms with van der Waals surface area (Å²) in [4.78, 5) is 16.0. The van der Waals surface area contributed by atoms with E-state index in [2.05, 4.69) is 9.97 Å². The number of carbonyl (C=O) groups is 1. The molecule has 0 aromatic carbocycles. The molecule has 0 atom stereocenters. The number of aliphatic hydroxyl groups is 1. The van der Waals surface area contributed by atoms with Crippen molar-refractivity contribution in [3.8, 4) is 0 Å². The van der Waals surface area contributed by atoms with Crippen molar-refractivity contribution in [3.05, 3.63) is 18.2 Å². The maximum absolute atomic E-state index is 9.77. The molecule has 4 nitrogen and oxygen atoms in total. The van der Waals surface area contributed by atoms with Gasteiger partial charge in [0.1, 0.15) is 0 Å². The smallest absolute Gasteiger partial charge is 0.185 e. The third-order valence-electron chi connectivity index (χ3n) is 0.631. The molecule has 9 heavy (non-hydrogen) atoms. The van der Waals surface area contributed by atoms with Crippen LogP contribution in [0.15, 0.2) is 12.4 Å². The fraction of sp³-hybridized carbons (Fsp3) is 0.200. The van der Waals surface area contributed by atoms with Gasteiger partial charge in [-0.1, -0.05) is 0 Å². The van der Waals surface area contributed by atoms with Gasteiger partial charge in [-0.05, 0) is 0 Å². The van der Waals surface area contributed by atoms with Crippen LogP contribution >= 0.6 is 0 Å². The van der Waals surface area contributed by atoms with Gasteiger partial charge < -0.3 is 10.1 Å². The molecular formula is C5H8N2O2. The summed E-state index contributed by atoms with van der Waals surface area (Å²) in [6.07, 6.45) is 3.80. The summed E-state index contributed by atoms with van der Waals surface area (Å²) in [6.45, 7) is 0. The van der Waals surface area contributed by atoms with Gasteiger partial charge in [0.05, 0.1) is 0 Å². The SMILES string of the molecule is CO.O=Cc1ncc[nH]1. The van der Waals surface area contributed by atoms with Crippen LogP contribution in [-0.2, 0) is 0 Å². The Morgan fingerprint density at radius 1 is 1.78 bits per heavy atom. The van der Waals surface area contributed by atoms with Crippen LogP contribution in [0.5, 0.6) is 0 Å². The molecule has 1 heterocycles. The number of nitrogens with zero attached hydrogens (tertiary/aromatic N) is 1. The molecule has 0 unspecified atom stereocenters. The first kappa shape index (κ1) is 7.84. The molecule has 0 amide bonds. The summed E-state index contributed by atoms with van der Waals surface area (Å²) in [5, 5.41) is 7.00. The van der Waals surface area contributed by atoms with Crippen molar-refractivity contribution in [2.45, 2.75) is 0 Å². The van der Waals surface area contributed by atoms with Crippen LogP contribution in [0.2, 0.25) is 0 Å². The topological polar surface area (TPSA) is 66.0 Å². The van der Waals surface area contributed by atoms with Crippen LogP contribution in [0.3, 0.4) is 0 Å². The highest BCUT2D eigenvalue weighted by Crippen LogP contribution is 1.77. The van der Waals surface area contributed by atoms with Crippen LogP contribution in [0, 0.1) is 0 Å². The van der Waals surface area contributed by atoms with Crippen molar-refractivity contribution in [2.75, 3.05) is 7.11 Å². The quantitative estimate of drug-likeness (QED) is 0.516. The lowest BCUT2D eigenvalue weighted by Gasteiger charge is -1.68. The Balaban J connectivity index is 0.000000291. The maximum atomic E-state index is 9.77.